The number of aromatic nitrogens is 1. The van der Waals surface area contributed by atoms with Crippen molar-refractivity contribution in [2.45, 2.75) is 22.7 Å². The Labute approximate surface area is 254 Å². The molecule has 8 nitrogen and oxygen atoms in total. The number of hydrogen-bond acceptors (Lipinski definition) is 7. The van der Waals surface area contributed by atoms with E-state index in [-0.39, 0.29) is 29.1 Å². The van der Waals surface area contributed by atoms with Gasteiger partial charge in [0.25, 0.3) is 0 Å². The number of anilines is 2. The molecule has 214 valence electrons. The fourth-order valence-corrected chi connectivity index (χ4v) is 8.72. The highest BCUT2D eigenvalue weighted by Gasteiger charge is 2.57. The number of ether oxygens (including phenoxy) is 1. The van der Waals surface area contributed by atoms with Crippen molar-refractivity contribution in [3.63, 3.8) is 0 Å². The summed E-state index contributed by atoms with van der Waals surface area (Å²) in [5.74, 6) is -1.83. The van der Waals surface area contributed by atoms with Crippen molar-refractivity contribution in [3.8, 4) is 5.75 Å². The number of amides is 3. The van der Waals surface area contributed by atoms with E-state index in [0.717, 1.165) is 22.1 Å². The summed E-state index contributed by atoms with van der Waals surface area (Å²) in [7, 11) is 1.55. The number of thioether (sulfide) groups is 1. The summed E-state index contributed by atoms with van der Waals surface area (Å²) >= 11 is 2.20. The Hall–Kier alpha value is -4.67. The Morgan fingerprint density at radius 1 is 0.860 bits per heavy atom. The Balaban J connectivity index is 1.28. The standard InChI is InChI=1S/C33H25N3O5S2/c1-41-24-14-8-7-13-23(24)26-27-28(31(39)36(30(27)38)22-11-3-2-4-12-22)42-32-29(26)43-33(40)35(32)18-25(37)34-21-16-15-19-9-5-6-10-20(19)17-21/h2-17,26-28H,18H2,1H3,(H,34,37). The number of benzene rings is 4. The molecule has 0 spiro atoms. The van der Waals surface area contributed by atoms with Crippen LogP contribution in [0.5, 0.6) is 5.75 Å². The van der Waals surface area contributed by atoms with Crippen LogP contribution in [0.15, 0.2) is 107 Å². The van der Waals surface area contributed by atoms with Crippen LogP contribution in [0.25, 0.3) is 10.8 Å². The highest BCUT2D eigenvalue weighted by atomic mass is 32.2. The summed E-state index contributed by atoms with van der Waals surface area (Å²) < 4.78 is 7.09. The predicted octanol–water partition coefficient (Wildman–Crippen LogP) is 5.51. The average molecular weight is 608 g/mol. The van der Waals surface area contributed by atoms with E-state index in [1.807, 2.05) is 66.7 Å². The molecule has 2 aliphatic heterocycles. The van der Waals surface area contributed by atoms with Crippen molar-refractivity contribution >= 4 is 63.0 Å². The van der Waals surface area contributed by atoms with E-state index in [2.05, 4.69) is 5.32 Å². The van der Waals surface area contributed by atoms with Crippen LogP contribution in [0.2, 0.25) is 0 Å². The maximum absolute atomic E-state index is 14.0. The van der Waals surface area contributed by atoms with Crippen molar-refractivity contribution < 1.29 is 19.1 Å². The number of fused-ring (bicyclic) bond motifs is 3. The molecule has 0 aliphatic carbocycles. The molecule has 3 unspecified atom stereocenters. The number of para-hydroxylation sites is 2. The number of nitrogens with zero attached hydrogens (tertiary/aromatic N) is 2. The van der Waals surface area contributed by atoms with E-state index in [1.54, 1.807) is 37.4 Å². The second-order valence-corrected chi connectivity index (χ2v) is 12.5. The zero-order chi connectivity index (χ0) is 29.7. The molecule has 5 aromatic rings. The Morgan fingerprint density at radius 3 is 2.37 bits per heavy atom. The first kappa shape index (κ1) is 27.2. The van der Waals surface area contributed by atoms with Gasteiger partial charge in [0.05, 0.1) is 23.7 Å². The summed E-state index contributed by atoms with van der Waals surface area (Å²) in [5, 5.41) is 4.69. The maximum Gasteiger partial charge on any atom is 0.308 e. The topological polar surface area (TPSA) is 97.7 Å². The van der Waals surface area contributed by atoms with Gasteiger partial charge in [0.1, 0.15) is 17.5 Å². The number of hydrogen-bond donors (Lipinski definition) is 1. The molecule has 0 saturated carbocycles. The SMILES string of the molecule is COc1ccccc1C1c2sc(=O)n(CC(=O)Nc3ccc4ccccc4c3)c2SC2C(=O)N(c3ccccc3)C(=O)C21. The summed E-state index contributed by atoms with van der Waals surface area (Å²) in [6, 6.07) is 29.7. The second-order valence-electron chi connectivity index (χ2n) is 10.4. The normalized spacial score (nSPS) is 19.3. The van der Waals surface area contributed by atoms with Crippen molar-refractivity contribution in [2.75, 3.05) is 17.3 Å². The monoisotopic (exact) mass is 607 g/mol. The second kappa shape index (κ2) is 10.9. The van der Waals surface area contributed by atoms with Crippen LogP contribution in [0.1, 0.15) is 16.4 Å². The van der Waals surface area contributed by atoms with Gasteiger partial charge in [-0.1, -0.05) is 89.8 Å². The quantitative estimate of drug-likeness (QED) is 0.256. The van der Waals surface area contributed by atoms with E-state index in [4.69, 9.17) is 4.74 Å². The maximum atomic E-state index is 14.0. The third-order valence-electron chi connectivity index (χ3n) is 7.87. The van der Waals surface area contributed by atoms with Crippen molar-refractivity contribution in [3.05, 3.63) is 117 Å². The molecule has 2 aliphatic rings. The number of carbonyl (C=O) groups excluding carboxylic acids is 3. The first-order valence-electron chi connectivity index (χ1n) is 13.7. The smallest absolute Gasteiger partial charge is 0.308 e. The van der Waals surface area contributed by atoms with Crippen molar-refractivity contribution in [1.29, 1.82) is 0 Å². The molecule has 43 heavy (non-hydrogen) atoms. The van der Waals surface area contributed by atoms with Crippen LogP contribution in [0, 0.1) is 5.92 Å². The van der Waals surface area contributed by atoms with Crippen LogP contribution in [0.4, 0.5) is 11.4 Å². The minimum atomic E-state index is -0.779. The number of imide groups is 1. The van der Waals surface area contributed by atoms with Gasteiger partial charge in [0.2, 0.25) is 17.7 Å². The van der Waals surface area contributed by atoms with Gasteiger partial charge in [-0.25, -0.2) is 4.90 Å². The fraction of sp³-hybridized carbons (Fsp3) is 0.152. The van der Waals surface area contributed by atoms with Gasteiger partial charge in [0, 0.05) is 22.0 Å². The lowest BCUT2D eigenvalue weighted by atomic mass is 9.82. The van der Waals surface area contributed by atoms with Crippen LogP contribution in [-0.4, -0.2) is 34.6 Å². The fourth-order valence-electron chi connectivity index (χ4n) is 5.96. The third-order valence-corrected chi connectivity index (χ3v) is 10.5. The van der Waals surface area contributed by atoms with Gasteiger partial charge in [-0.2, -0.15) is 0 Å². The van der Waals surface area contributed by atoms with Crippen LogP contribution in [-0.2, 0) is 20.9 Å². The van der Waals surface area contributed by atoms with Gasteiger partial charge in [-0.05, 0) is 41.1 Å². The molecule has 10 heteroatoms. The summed E-state index contributed by atoms with van der Waals surface area (Å²) in [4.78, 5) is 56.2. The third kappa shape index (κ3) is 4.63. The minimum absolute atomic E-state index is 0.231. The van der Waals surface area contributed by atoms with Crippen molar-refractivity contribution in [1.82, 2.24) is 4.57 Å². The van der Waals surface area contributed by atoms with Crippen LogP contribution < -0.4 is 19.8 Å². The Morgan fingerprint density at radius 2 is 1.58 bits per heavy atom. The molecule has 1 saturated heterocycles. The highest BCUT2D eigenvalue weighted by Crippen LogP contribution is 2.55. The van der Waals surface area contributed by atoms with Gasteiger partial charge in [-0.15, -0.1) is 0 Å². The van der Waals surface area contributed by atoms with Gasteiger partial charge < -0.3 is 10.1 Å². The van der Waals surface area contributed by atoms with Gasteiger partial charge in [-0.3, -0.25) is 23.7 Å². The van der Waals surface area contributed by atoms with Gasteiger partial charge >= 0.3 is 4.87 Å². The number of carbonyl (C=O) groups is 3. The molecular formula is C33H25N3O5S2. The molecule has 1 fully saturated rings. The van der Waals surface area contributed by atoms with Crippen LogP contribution in [0.3, 0.4) is 0 Å². The Bertz CT molecular complexity index is 1970. The molecule has 0 radical (unpaired) electrons. The molecule has 3 atom stereocenters. The lowest BCUT2D eigenvalue weighted by Crippen LogP contribution is -2.33. The largest absolute Gasteiger partial charge is 0.496 e. The number of methoxy groups -OCH3 is 1. The first-order valence-corrected chi connectivity index (χ1v) is 15.4. The summed E-state index contributed by atoms with van der Waals surface area (Å²) in [6.07, 6.45) is 0. The molecule has 0 bridgehead atoms. The molecule has 3 heterocycles. The number of thiazole rings is 1. The lowest BCUT2D eigenvalue weighted by molar-refractivity contribution is -0.122. The minimum Gasteiger partial charge on any atom is -0.496 e. The molecular weight excluding hydrogens is 583 g/mol. The first-order chi connectivity index (χ1) is 20.9. The van der Waals surface area contributed by atoms with E-state index in [1.165, 1.54) is 21.2 Å². The summed E-state index contributed by atoms with van der Waals surface area (Å²) in [6.45, 7) is -0.231. The number of rotatable bonds is 6. The molecule has 7 rings (SSSR count). The average Bonchev–Trinajstić information content (AvgIpc) is 3.47. The van der Waals surface area contributed by atoms with Crippen LogP contribution >= 0.6 is 23.1 Å². The summed E-state index contributed by atoms with van der Waals surface area (Å²) in [5.41, 5.74) is 1.84. The molecule has 4 aromatic carbocycles. The van der Waals surface area contributed by atoms with Gasteiger partial charge in [0.15, 0.2) is 0 Å². The molecule has 1 aromatic heterocycles. The van der Waals surface area contributed by atoms with E-state index in [0.29, 0.717) is 32.6 Å². The number of nitrogens with one attached hydrogen (secondary N) is 1. The lowest BCUT2D eigenvalue weighted by Gasteiger charge is -2.31. The Kier molecular flexibility index (Phi) is 6.87. The molecule has 1 N–H and O–H groups in total. The highest BCUT2D eigenvalue weighted by molar-refractivity contribution is 8.00. The van der Waals surface area contributed by atoms with E-state index >= 15 is 0 Å². The van der Waals surface area contributed by atoms with E-state index < -0.39 is 17.1 Å². The predicted molar refractivity (Wildman–Crippen MR) is 168 cm³/mol. The van der Waals surface area contributed by atoms with Crippen molar-refractivity contribution in [2.24, 2.45) is 5.92 Å². The zero-order valence-electron chi connectivity index (χ0n) is 22.9. The van der Waals surface area contributed by atoms with E-state index in [9.17, 15) is 19.2 Å². The molecule has 3 amide bonds. The zero-order valence-corrected chi connectivity index (χ0v) is 24.6.